The van der Waals surface area contributed by atoms with Gasteiger partial charge in [-0.05, 0) is 35.4 Å². The maximum atomic E-state index is 12.0. The standard InChI is InChI=1S/C15H11BrCl2O/c16-12-4-3-11(15(18)9-12)8-14(19)7-10-1-5-13(17)6-2-10/h1-6,9H,7-8H2. The van der Waals surface area contributed by atoms with E-state index in [0.717, 1.165) is 15.6 Å². The lowest BCUT2D eigenvalue weighted by atomic mass is 10.0. The summed E-state index contributed by atoms with van der Waals surface area (Å²) >= 11 is 15.2. The van der Waals surface area contributed by atoms with Gasteiger partial charge in [0.05, 0.1) is 0 Å². The largest absolute Gasteiger partial charge is 0.299 e. The lowest BCUT2D eigenvalue weighted by molar-refractivity contribution is -0.117. The number of carbonyl (C=O) groups is 1. The van der Waals surface area contributed by atoms with E-state index >= 15 is 0 Å². The predicted molar refractivity (Wildman–Crippen MR) is 83.0 cm³/mol. The van der Waals surface area contributed by atoms with Gasteiger partial charge in [0.2, 0.25) is 0 Å². The molecule has 0 unspecified atom stereocenters. The van der Waals surface area contributed by atoms with E-state index in [2.05, 4.69) is 15.9 Å². The average Bonchev–Trinajstić information content (AvgIpc) is 2.36. The second-order valence-electron chi connectivity index (χ2n) is 4.25. The van der Waals surface area contributed by atoms with E-state index in [0.29, 0.717) is 22.9 Å². The molecule has 0 aliphatic rings. The van der Waals surface area contributed by atoms with Crippen molar-refractivity contribution in [1.29, 1.82) is 0 Å². The Labute approximate surface area is 130 Å². The number of carbonyl (C=O) groups excluding carboxylic acids is 1. The quantitative estimate of drug-likeness (QED) is 0.743. The van der Waals surface area contributed by atoms with Crippen molar-refractivity contribution in [3.63, 3.8) is 0 Å². The Morgan fingerprint density at radius 2 is 1.68 bits per heavy atom. The van der Waals surface area contributed by atoms with Crippen LogP contribution in [0.4, 0.5) is 0 Å². The molecule has 0 aromatic heterocycles. The summed E-state index contributed by atoms with van der Waals surface area (Å²) in [6.45, 7) is 0. The lowest BCUT2D eigenvalue weighted by Gasteiger charge is -2.05. The highest BCUT2D eigenvalue weighted by molar-refractivity contribution is 9.10. The Morgan fingerprint density at radius 1 is 1.00 bits per heavy atom. The first-order chi connectivity index (χ1) is 9.04. The molecule has 0 heterocycles. The van der Waals surface area contributed by atoms with Gasteiger partial charge in [-0.1, -0.05) is 57.3 Å². The van der Waals surface area contributed by atoms with Crippen molar-refractivity contribution >= 4 is 44.9 Å². The zero-order valence-corrected chi connectivity index (χ0v) is 13.1. The minimum Gasteiger partial charge on any atom is -0.299 e. The molecule has 0 saturated heterocycles. The highest BCUT2D eigenvalue weighted by atomic mass is 79.9. The van der Waals surface area contributed by atoms with Crippen LogP contribution in [0.5, 0.6) is 0 Å². The van der Waals surface area contributed by atoms with E-state index in [1.54, 1.807) is 18.2 Å². The summed E-state index contributed by atoms with van der Waals surface area (Å²) in [7, 11) is 0. The van der Waals surface area contributed by atoms with Crippen molar-refractivity contribution in [1.82, 2.24) is 0 Å². The predicted octanol–water partition coefficient (Wildman–Crippen LogP) is 5.11. The molecule has 0 bridgehead atoms. The van der Waals surface area contributed by atoms with Gasteiger partial charge in [0.25, 0.3) is 0 Å². The molecule has 2 aromatic carbocycles. The summed E-state index contributed by atoms with van der Waals surface area (Å²) in [5, 5.41) is 1.28. The van der Waals surface area contributed by atoms with E-state index in [1.807, 2.05) is 24.3 Å². The van der Waals surface area contributed by atoms with Gasteiger partial charge in [0.1, 0.15) is 5.78 Å². The van der Waals surface area contributed by atoms with E-state index in [9.17, 15) is 4.79 Å². The SMILES string of the molecule is O=C(Cc1ccc(Cl)cc1)Cc1ccc(Br)cc1Cl. The molecule has 0 aliphatic heterocycles. The van der Waals surface area contributed by atoms with Crippen LogP contribution in [0.2, 0.25) is 10.0 Å². The molecule has 19 heavy (non-hydrogen) atoms. The summed E-state index contributed by atoms with van der Waals surface area (Å²) in [5.74, 6) is 0.131. The van der Waals surface area contributed by atoms with Crippen molar-refractivity contribution in [2.24, 2.45) is 0 Å². The fourth-order valence-corrected chi connectivity index (χ4v) is 2.64. The van der Waals surface area contributed by atoms with Gasteiger partial charge in [-0.15, -0.1) is 0 Å². The number of benzene rings is 2. The lowest BCUT2D eigenvalue weighted by Crippen LogP contribution is -2.06. The third-order valence-corrected chi connectivity index (χ3v) is 3.81. The van der Waals surface area contributed by atoms with Crippen LogP contribution in [0.1, 0.15) is 11.1 Å². The van der Waals surface area contributed by atoms with Crippen LogP contribution in [0.25, 0.3) is 0 Å². The Hall–Kier alpha value is -0.830. The molecule has 0 amide bonds. The van der Waals surface area contributed by atoms with Crippen molar-refractivity contribution in [2.45, 2.75) is 12.8 Å². The molecule has 98 valence electrons. The van der Waals surface area contributed by atoms with Crippen LogP contribution >= 0.6 is 39.1 Å². The molecule has 0 fully saturated rings. The maximum absolute atomic E-state index is 12.0. The first kappa shape index (κ1) is 14.6. The third-order valence-electron chi connectivity index (χ3n) is 2.72. The molecule has 0 radical (unpaired) electrons. The van der Waals surface area contributed by atoms with Crippen molar-refractivity contribution in [3.8, 4) is 0 Å². The molecular formula is C15H11BrCl2O. The second-order valence-corrected chi connectivity index (χ2v) is 6.01. The molecule has 0 saturated carbocycles. The van der Waals surface area contributed by atoms with Gasteiger partial charge in [0, 0.05) is 27.4 Å². The Bertz CT molecular complexity index is 594. The number of rotatable bonds is 4. The average molecular weight is 358 g/mol. The second kappa shape index (κ2) is 6.56. The summed E-state index contributed by atoms with van der Waals surface area (Å²) in [5.41, 5.74) is 1.81. The topological polar surface area (TPSA) is 17.1 Å². The number of ketones is 1. The van der Waals surface area contributed by atoms with Crippen LogP contribution in [0.3, 0.4) is 0 Å². The summed E-state index contributed by atoms with van der Waals surface area (Å²) in [6, 6.07) is 12.9. The maximum Gasteiger partial charge on any atom is 0.141 e. The summed E-state index contributed by atoms with van der Waals surface area (Å²) in [4.78, 5) is 12.0. The molecule has 2 rings (SSSR count). The molecule has 0 N–H and O–H groups in total. The van der Waals surface area contributed by atoms with Crippen LogP contribution in [-0.2, 0) is 17.6 Å². The molecule has 0 aliphatic carbocycles. The normalized spacial score (nSPS) is 10.5. The van der Waals surface area contributed by atoms with Crippen molar-refractivity contribution in [3.05, 3.63) is 68.1 Å². The molecule has 2 aromatic rings. The van der Waals surface area contributed by atoms with Gasteiger partial charge in [-0.3, -0.25) is 4.79 Å². The summed E-state index contributed by atoms with van der Waals surface area (Å²) in [6.07, 6.45) is 0.734. The highest BCUT2D eigenvalue weighted by Crippen LogP contribution is 2.22. The van der Waals surface area contributed by atoms with Gasteiger partial charge >= 0.3 is 0 Å². The molecular weight excluding hydrogens is 347 g/mol. The van der Waals surface area contributed by atoms with Crippen LogP contribution in [-0.4, -0.2) is 5.78 Å². The zero-order valence-electron chi connectivity index (χ0n) is 10.00. The highest BCUT2D eigenvalue weighted by Gasteiger charge is 2.08. The van der Waals surface area contributed by atoms with Crippen LogP contribution in [0, 0.1) is 0 Å². The van der Waals surface area contributed by atoms with Crippen molar-refractivity contribution in [2.75, 3.05) is 0 Å². The minimum atomic E-state index is 0.131. The monoisotopic (exact) mass is 356 g/mol. The molecule has 1 nitrogen and oxygen atoms in total. The van der Waals surface area contributed by atoms with E-state index in [1.165, 1.54) is 0 Å². The van der Waals surface area contributed by atoms with Gasteiger partial charge in [0.15, 0.2) is 0 Å². The Morgan fingerprint density at radius 3 is 2.32 bits per heavy atom. The first-order valence-corrected chi connectivity index (χ1v) is 7.29. The molecule has 4 heteroatoms. The Balaban J connectivity index is 2.03. The fraction of sp³-hybridized carbons (Fsp3) is 0.133. The number of hydrogen-bond donors (Lipinski definition) is 0. The number of Topliss-reactive ketones (excluding diaryl/α,β-unsaturated/α-hetero) is 1. The summed E-state index contributed by atoms with van der Waals surface area (Å²) < 4.78 is 0.909. The van der Waals surface area contributed by atoms with E-state index in [4.69, 9.17) is 23.2 Å². The molecule has 0 spiro atoms. The smallest absolute Gasteiger partial charge is 0.141 e. The number of hydrogen-bond acceptors (Lipinski definition) is 1. The molecule has 0 atom stereocenters. The van der Waals surface area contributed by atoms with E-state index < -0.39 is 0 Å². The van der Waals surface area contributed by atoms with E-state index in [-0.39, 0.29) is 5.78 Å². The minimum absolute atomic E-state index is 0.131. The zero-order chi connectivity index (χ0) is 13.8. The van der Waals surface area contributed by atoms with Gasteiger partial charge in [-0.25, -0.2) is 0 Å². The van der Waals surface area contributed by atoms with Crippen LogP contribution < -0.4 is 0 Å². The fourth-order valence-electron chi connectivity index (χ4n) is 1.77. The third kappa shape index (κ3) is 4.34. The van der Waals surface area contributed by atoms with Crippen LogP contribution in [0.15, 0.2) is 46.9 Å². The first-order valence-electron chi connectivity index (χ1n) is 5.74. The van der Waals surface area contributed by atoms with Gasteiger partial charge < -0.3 is 0 Å². The Kier molecular flexibility index (Phi) is 5.03. The number of halogens is 3. The van der Waals surface area contributed by atoms with Crippen molar-refractivity contribution < 1.29 is 4.79 Å². The van der Waals surface area contributed by atoms with Gasteiger partial charge in [-0.2, -0.15) is 0 Å².